The van der Waals surface area contributed by atoms with Crippen LogP contribution in [0, 0.1) is 11.6 Å². The highest BCUT2D eigenvalue weighted by atomic mass is 35.5. The second-order valence-electron chi connectivity index (χ2n) is 7.07. The Morgan fingerprint density at radius 2 is 1.82 bits per heavy atom. The van der Waals surface area contributed by atoms with E-state index < -0.39 is 23.4 Å². The summed E-state index contributed by atoms with van der Waals surface area (Å²) >= 11 is 5.83. The normalized spacial score (nSPS) is 10.6. The number of ether oxygens (including phenoxy) is 1. The maximum absolute atomic E-state index is 13.5. The molecule has 0 bridgehead atoms. The fourth-order valence-electron chi connectivity index (χ4n) is 3.09. The fraction of sp³-hybridized carbons (Fsp3) is 0.217. The van der Waals surface area contributed by atoms with Gasteiger partial charge in [-0.3, -0.25) is 19.5 Å². The number of amides is 2. The van der Waals surface area contributed by atoms with Crippen molar-refractivity contribution in [2.75, 3.05) is 23.4 Å². The third kappa shape index (κ3) is 6.16. The first-order chi connectivity index (χ1) is 16.3. The van der Waals surface area contributed by atoms with Gasteiger partial charge in [-0.05, 0) is 37.6 Å². The van der Waals surface area contributed by atoms with Gasteiger partial charge in [0.1, 0.15) is 5.82 Å². The predicted octanol–water partition coefficient (Wildman–Crippen LogP) is 4.58. The third-order valence-corrected chi connectivity index (χ3v) is 4.99. The summed E-state index contributed by atoms with van der Waals surface area (Å²) in [5.74, 6) is -4.01. The zero-order chi connectivity index (χ0) is 24.7. The summed E-state index contributed by atoms with van der Waals surface area (Å²) in [6.45, 7) is 2.21. The SMILES string of the molecule is CCOC(=O)CCCN(C(=O)c1cc(NC(=O)c2cc(F)c(F)cc2Cl)[nH]n1)c1ccccc1. The smallest absolute Gasteiger partial charge is 0.305 e. The number of anilines is 2. The maximum atomic E-state index is 13.5. The monoisotopic (exact) mass is 490 g/mol. The highest BCUT2D eigenvalue weighted by Crippen LogP contribution is 2.22. The van der Waals surface area contributed by atoms with Crippen molar-refractivity contribution in [1.29, 1.82) is 0 Å². The molecule has 34 heavy (non-hydrogen) atoms. The molecule has 2 aromatic carbocycles. The molecule has 0 atom stereocenters. The number of carbonyl (C=O) groups excluding carboxylic acids is 3. The Labute approximate surface area is 198 Å². The lowest BCUT2D eigenvalue weighted by molar-refractivity contribution is -0.143. The number of esters is 1. The van der Waals surface area contributed by atoms with Crippen molar-refractivity contribution < 1.29 is 27.9 Å². The quantitative estimate of drug-likeness (QED) is 0.337. The van der Waals surface area contributed by atoms with E-state index in [0.717, 1.165) is 0 Å². The molecule has 178 valence electrons. The first kappa shape index (κ1) is 24.8. The predicted molar refractivity (Wildman–Crippen MR) is 122 cm³/mol. The molecule has 0 unspecified atom stereocenters. The number of aromatic nitrogens is 2. The van der Waals surface area contributed by atoms with Crippen LogP contribution in [0.1, 0.15) is 40.6 Å². The van der Waals surface area contributed by atoms with Crippen LogP contribution in [0.25, 0.3) is 0 Å². The lowest BCUT2D eigenvalue weighted by Gasteiger charge is -2.21. The van der Waals surface area contributed by atoms with Crippen molar-refractivity contribution in [1.82, 2.24) is 10.2 Å². The van der Waals surface area contributed by atoms with Crippen LogP contribution in [0.3, 0.4) is 0 Å². The largest absolute Gasteiger partial charge is 0.466 e. The summed E-state index contributed by atoms with van der Waals surface area (Å²) in [4.78, 5) is 38.7. The Morgan fingerprint density at radius 1 is 1.12 bits per heavy atom. The Kier molecular flexibility index (Phi) is 8.31. The summed E-state index contributed by atoms with van der Waals surface area (Å²) in [7, 11) is 0. The van der Waals surface area contributed by atoms with E-state index in [1.807, 2.05) is 0 Å². The minimum atomic E-state index is -1.23. The van der Waals surface area contributed by atoms with Crippen LogP contribution < -0.4 is 10.2 Å². The summed E-state index contributed by atoms with van der Waals surface area (Å²) in [6.07, 6.45) is 0.503. The summed E-state index contributed by atoms with van der Waals surface area (Å²) in [6, 6.07) is 11.5. The molecule has 0 spiro atoms. The molecular weight excluding hydrogens is 470 g/mol. The van der Waals surface area contributed by atoms with Gasteiger partial charge in [0.15, 0.2) is 17.3 Å². The second-order valence-corrected chi connectivity index (χ2v) is 7.48. The second kappa shape index (κ2) is 11.4. The van der Waals surface area contributed by atoms with Gasteiger partial charge in [-0.1, -0.05) is 29.8 Å². The van der Waals surface area contributed by atoms with Crippen LogP contribution in [-0.4, -0.2) is 41.1 Å². The number of carbonyl (C=O) groups is 3. The van der Waals surface area contributed by atoms with Crippen LogP contribution in [0.5, 0.6) is 0 Å². The molecule has 8 nitrogen and oxygen atoms in total. The van der Waals surface area contributed by atoms with Gasteiger partial charge in [-0.15, -0.1) is 0 Å². The van der Waals surface area contributed by atoms with Crippen molar-refractivity contribution in [2.45, 2.75) is 19.8 Å². The number of H-pyrrole nitrogens is 1. The molecule has 2 amide bonds. The third-order valence-electron chi connectivity index (χ3n) is 4.68. The van der Waals surface area contributed by atoms with Gasteiger partial charge in [0, 0.05) is 24.7 Å². The fourth-order valence-corrected chi connectivity index (χ4v) is 3.33. The van der Waals surface area contributed by atoms with Gasteiger partial charge in [0.2, 0.25) is 0 Å². The molecular formula is C23H21ClF2N4O4. The molecule has 0 aliphatic rings. The number of para-hydroxylation sites is 1. The topological polar surface area (TPSA) is 104 Å². The molecule has 2 N–H and O–H groups in total. The van der Waals surface area contributed by atoms with Crippen molar-refractivity contribution in [3.63, 3.8) is 0 Å². The zero-order valence-corrected chi connectivity index (χ0v) is 18.9. The van der Waals surface area contributed by atoms with E-state index in [9.17, 15) is 23.2 Å². The lowest BCUT2D eigenvalue weighted by atomic mass is 10.2. The van der Waals surface area contributed by atoms with E-state index in [2.05, 4.69) is 15.5 Å². The summed E-state index contributed by atoms with van der Waals surface area (Å²) in [5, 5.41) is 8.60. The Balaban J connectivity index is 1.74. The van der Waals surface area contributed by atoms with E-state index in [1.54, 1.807) is 37.3 Å². The molecule has 3 aromatic rings. The molecule has 0 radical (unpaired) electrons. The van der Waals surface area contributed by atoms with Gasteiger partial charge in [-0.25, -0.2) is 8.78 Å². The molecule has 0 saturated carbocycles. The molecule has 3 rings (SSSR count). The number of halogens is 3. The number of hydrogen-bond donors (Lipinski definition) is 2. The van der Waals surface area contributed by atoms with E-state index in [4.69, 9.17) is 16.3 Å². The van der Waals surface area contributed by atoms with Gasteiger partial charge < -0.3 is 15.0 Å². The number of hydrogen-bond acceptors (Lipinski definition) is 5. The highest BCUT2D eigenvalue weighted by Gasteiger charge is 2.22. The van der Waals surface area contributed by atoms with Crippen LogP contribution in [-0.2, 0) is 9.53 Å². The van der Waals surface area contributed by atoms with Crippen LogP contribution in [0.15, 0.2) is 48.5 Å². The molecule has 1 heterocycles. The molecule has 1 aromatic heterocycles. The van der Waals surface area contributed by atoms with Gasteiger partial charge in [0.05, 0.1) is 17.2 Å². The van der Waals surface area contributed by atoms with Crippen molar-refractivity contribution in [2.24, 2.45) is 0 Å². The number of aromatic amines is 1. The Morgan fingerprint density at radius 3 is 2.53 bits per heavy atom. The van der Waals surface area contributed by atoms with Crippen LogP contribution >= 0.6 is 11.6 Å². The van der Waals surface area contributed by atoms with Crippen molar-refractivity contribution >= 4 is 40.9 Å². The van der Waals surface area contributed by atoms with Crippen LogP contribution in [0.4, 0.5) is 20.3 Å². The summed E-state index contributed by atoms with van der Waals surface area (Å²) in [5.41, 5.74) is 0.304. The molecule has 0 fully saturated rings. The van der Waals surface area contributed by atoms with Crippen molar-refractivity contribution in [3.8, 4) is 0 Å². The highest BCUT2D eigenvalue weighted by molar-refractivity contribution is 6.34. The van der Waals surface area contributed by atoms with Crippen molar-refractivity contribution in [3.05, 3.63) is 76.4 Å². The van der Waals surface area contributed by atoms with Crippen LogP contribution in [0.2, 0.25) is 5.02 Å². The number of benzene rings is 2. The number of rotatable bonds is 9. The number of nitrogens with zero attached hydrogens (tertiary/aromatic N) is 2. The minimum absolute atomic E-state index is 0.00771. The lowest BCUT2D eigenvalue weighted by Crippen LogP contribution is -2.32. The van der Waals surface area contributed by atoms with E-state index >= 15 is 0 Å². The minimum Gasteiger partial charge on any atom is -0.466 e. The van der Waals surface area contributed by atoms with E-state index in [-0.39, 0.29) is 47.6 Å². The maximum Gasteiger partial charge on any atom is 0.305 e. The molecule has 0 saturated heterocycles. The Bertz CT molecular complexity index is 1190. The van der Waals surface area contributed by atoms with E-state index in [0.29, 0.717) is 24.2 Å². The van der Waals surface area contributed by atoms with Gasteiger partial charge in [0.25, 0.3) is 11.8 Å². The average Bonchev–Trinajstić information content (AvgIpc) is 3.28. The molecule has 11 heteroatoms. The average molecular weight is 491 g/mol. The Hall–Kier alpha value is -3.79. The molecule has 0 aliphatic heterocycles. The first-order valence-corrected chi connectivity index (χ1v) is 10.7. The zero-order valence-electron chi connectivity index (χ0n) is 18.1. The standard InChI is InChI=1S/C23H21ClF2N4O4/c1-2-34-21(31)9-6-10-30(14-7-4-3-5-8-14)23(33)19-13-20(29-28-19)27-22(32)15-11-17(25)18(26)12-16(15)24/h3-5,7-8,11-13H,2,6,9-10H2,1H3,(H2,27,28,29,32). The summed E-state index contributed by atoms with van der Waals surface area (Å²) < 4.78 is 31.7. The van der Waals surface area contributed by atoms with Gasteiger partial charge >= 0.3 is 5.97 Å². The number of nitrogens with one attached hydrogen (secondary N) is 2. The van der Waals surface area contributed by atoms with Gasteiger partial charge in [-0.2, -0.15) is 5.10 Å². The first-order valence-electron chi connectivity index (χ1n) is 10.3. The molecule has 0 aliphatic carbocycles. The van der Waals surface area contributed by atoms with E-state index in [1.165, 1.54) is 11.0 Å².